The molecule has 2 aliphatic heterocycles. The van der Waals surface area contributed by atoms with Crippen LogP contribution >= 0.6 is 0 Å². The SMILES string of the molecule is O=C1CNC(=O)N1C1CCCNC1. The van der Waals surface area contributed by atoms with E-state index in [0.717, 1.165) is 25.9 Å². The third kappa shape index (κ3) is 1.51. The van der Waals surface area contributed by atoms with Crippen molar-refractivity contribution < 1.29 is 9.59 Å². The summed E-state index contributed by atoms with van der Waals surface area (Å²) in [6.07, 6.45) is 1.95. The van der Waals surface area contributed by atoms with E-state index in [1.54, 1.807) is 0 Å². The van der Waals surface area contributed by atoms with Gasteiger partial charge < -0.3 is 10.6 Å². The first kappa shape index (κ1) is 8.50. The van der Waals surface area contributed by atoms with Crippen molar-refractivity contribution in [1.29, 1.82) is 0 Å². The van der Waals surface area contributed by atoms with Crippen LogP contribution in [0.4, 0.5) is 4.79 Å². The van der Waals surface area contributed by atoms with Crippen molar-refractivity contribution >= 4 is 11.9 Å². The van der Waals surface area contributed by atoms with E-state index < -0.39 is 0 Å². The number of carbonyl (C=O) groups is 2. The average molecular weight is 183 g/mol. The highest BCUT2D eigenvalue weighted by atomic mass is 16.2. The lowest BCUT2D eigenvalue weighted by atomic mass is 10.1. The lowest BCUT2D eigenvalue weighted by Crippen LogP contribution is -2.48. The van der Waals surface area contributed by atoms with Gasteiger partial charge in [-0.1, -0.05) is 0 Å². The lowest BCUT2D eigenvalue weighted by Gasteiger charge is -2.28. The van der Waals surface area contributed by atoms with Gasteiger partial charge in [0.15, 0.2) is 0 Å². The van der Waals surface area contributed by atoms with Crippen molar-refractivity contribution in [2.45, 2.75) is 18.9 Å². The van der Waals surface area contributed by atoms with Gasteiger partial charge in [-0.25, -0.2) is 4.79 Å². The zero-order valence-corrected chi connectivity index (χ0v) is 7.38. The van der Waals surface area contributed by atoms with Crippen LogP contribution in [0, 0.1) is 0 Å². The Bertz CT molecular complexity index is 220. The lowest BCUT2D eigenvalue weighted by molar-refractivity contribution is -0.126. The fraction of sp³-hybridized carbons (Fsp3) is 0.750. The van der Waals surface area contributed by atoms with Crippen LogP contribution in [-0.4, -0.2) is 42.5 Å². The van der Waals surface area contributed by atoms with E-state index in [0.29, 0.717) is 0 Å². The van der Waals surface area contributed by atoms with Gasteiger partial charge >= 0.3 is 6.03 Å². The second kappa shape index (κ2) is 3.33. The monoisotopic (exact) mass is 183 g/mol. The molecule has 0 aromatic rings. The molecule has 0 aliphatic carbocycles. The predicted molar refractivity (Wildman–Crippen MR) is 46.1 cm³/mol. The third-order valence-corrected chi connectivity index (χ3v) is 2.51. The van der Waals surface area contributed by atoms with Crippen molar-refractivity contribution in [1.82, 2.24) is 15.5 Å². The number of amides is 3. The molecule has 0 spiro atoms. The minimum atomic E-state index is -0.237. The normalized spacial score (nSPS) is 29.2. The van der Waals surface area contributed by atoms with E-state index in [2.05, 4.69) is 10.6 Å². The van der Waals surface area contributed by atoms with Crippen molar-refractivity contribution in [3.63, 3.8) is 0 Å². The van der Waals surface area contributed by atoms with Gasteiger partial charge in [-0.2, -0.15) is 0 Å². The third-order valence-electron chi connectivity index (χ3n) is 2.51. The number of urea groups is 1. The van der Waals surface area contributed by atoms with Gasteiger partial charge in [0, 0.05) is 6.54 Å². The highest BCUT2D eigenvalue weighted by molar-refractivity contribution is 6.02. The number of hydrogen-bond acceptors (Lipinski definition) is 3. The van der Waals surface area contributed by atoms with Gasteiger partial charge in [-0.15, -0.1) is 0 Å². The molecule has 2 rings (SSSR count). The summed E-state index contributed by atoms with van der Waals surface area (Å²) in [4.78, 5) is 23.9. The minimum absolute atomic E-state index is 0.0590. The number of piperidine rings is 1. The summed E-state index contributed by atoms with van der Waals surface area (Å²) in [6, 6.07) is -0.178. The van der Waals surface area contributed by atoms with Crippen molar-refractivity contribution in [2.24, 2.45) is 0 Å². The Kier molecular flexibility index (Phi) is 2.18. The summed E-state index contributed by atoms with van der Waals surface area (Å²) < 4.78 is 0. The van der Waals surface area contributed by atoms with Crippen molar-refractivity contribution in [3.05, 3.63) is 0 Å². The molecule has 2 fully saturated rings. The first-order chi connectivity index (χ1) is 6.29. The average Bonchev–Trinajstić information content (AvgIpc) is 2.48. The van der Waals surface area contributed by atoms with E-state index in [1.165, 1.54) is 4.90 Å². The zero-order valence-electron chi connectivity index (χ0n) is 7.38. The molecule has 5 nitrogen and oxygen atoms in total. The van der Waals surface area contributed by atoms with E-state index in [-0.39, 0.29) is 24.5 Å². The zero-order chi connectivity index (χ0) is 9.26. The fourth-order valence-corrected chi connectivity index (χ4v) is 1.86. The molecule has 0 saturated carbocycles. The number of hydrogen-bond donors (Lipinski definition) is 2. The summed E-state index contributed by atoms with van der Waals surface area (Å²) in [7, 11) is 0. The van der Waals surface area contributed by atoms with Crippen LogP contribution in [0.15, 0.2) is 0 Å². The van der Waals surface area contributed by atoms with Crippen LogP contribution < -0.4 is 10.6 Å². The van der Waals surface area contributed by atoms with Crippen LogP contribution in [-0.2, 0) is 4.79 Å². The standard InChI is InChI=1S/C8H13N3O2/c12-7-5-10-8(13)11(7)6-2-1-3-9-4-6/h6,9H,1-5H2,(H,10,13). The molecule has 1 unspecified atom stereocenters. The molecule has 0 radical (unpaired) electrons. The van der Waals surface area contributed by atoms with Gasteiger partial charge in [-0.05, 0) is 19.4 Å². The van der Waals surface area contributed by atoms with Crippen LogP contribution in [0.2, 0.25) is 0 Å². The molecule has 0 aromatic carbocycles. The van der Waals surface area contributed by atoms with Crippen LogP contribution in [0.1, 0.15) is 12.8 Å². The van der Waals surface area contributed by atoms with Crippen molar-refractivity contribution in [2.75, 3.05) is 19.6 Å². The van der Waals surface area contributed by atoms with E-state index in [4.69, 9.17) is 0 Å². The number of imide groups is 1. The maximum Gasteiger partial charge on any atom is 0.324 e. The van der Waals surface area contributed by atoms with E-state index in [9.17, 15) is 9.59 Å². The molecule has 72 valence electrons. The summed E-state index contributed by atoms with van der Waals surface area (Å²) in [5.41, 5.74) is 0. The Morgan fingerprint density at radius 1 is 1.38 bits per heavy atom. The second-order valence-electron chi connectivity index (χ2n) is 3.42. The largest absolute Gasteiger partial charge is 0.329 e. The summed E-state index contributed by atoms with van der Waals surface area (Å²) in [5, 5.41) is 5.71. The Morgan fingerprint density at radius 3 is 2.77 bits per heavy atom. The molecule has 1 atom stereocenters. The molecule has 2 heterocycles. The summed E-state index contributed by atoms with van der Waals surface area (Å²) in [5.74, 6) is -0.0984. The van der Waals surface area contributed by atoms with Gasteiger partial charge in [0.25, 0.3) is 0 Å². The first-order valence-electron chi connectivity index (χ1n) is 4.59. The predicted octanol–water partition coefficient (Wildman–Crippen LogP) is -0.710. The summed E-state index contributed by atoms with van der Waals surface area (Å²) >= 11 is 0. The molecule has 2 N–H and O–H groups in total. The van der Waals surface area contributed by atoms with Gasteiger partial charge in [0.2, 0.25) is 5.91 Å². The molecule has 5 heteroatoms. The quantitative estimate of drug-likeness (QED) is 0.528. The molecule has 0 aromatic heterocycles. The number of rotatable bonds is 1. The fourth-order valence-electron chi connectivity index (χ4n) is 1.86. The second-order valence-corrected chi connectivity index (χ2v) is 3.42. The Morgan fingerprint density at radius 2 is 2.23 bits per heavy atom. The highest BCUT2D eigenvalue weighted by Crippen LogP contribution is 2.13. The number of nitrogens with zero attached hydrogens (tertiary/aromatic N) is 1. The number of nitrogens with one attached hydrogen (secondary N) is 2. The topological polar surface area (TPSA) is 61.4 Å². The molecular formula is C8H13N3O2. The highest BCUT2D eigenvalue weighted by Gasteiger charge is 2.35. The van der Waals surface area contributed by atoms with Crippen LogP contribution in [0.5, 0.6) is 0 Å². The van der Waals surface area contributed by atoms with E-state index in [1.807, 2.05) is 0 Å². The Hall–Kier alpha value is -1.10. The van der Waals surface area contributed by atoms with Gasteiger partial charge in [-0.3, -0.25) is 9.69 Å². The summed E-state index contributed by atoms with van der Waals surface area (Å²) in [6.45, 7) is 1.88. The van der Waals surface area contributed by atoms with Gasteiger partial charge in [0.05, 0.1) is 12.6 Å². The molecule has 0 bridgehead atoms. The maximum atomic E-state index is 11.3. The smallest absolute Gasteiger partial charge is 0.324 e. The van der Waals surface area contributed by atoms with Gasteiger partial charge in [0.1, 0.15) is 0 Å². The molecule has 3 amide bonds. The van der Waals surface area contributed by atoms with E-state index >= 15 is 0 Å². The molecular weight excluding hydrogens is 170 g/mol. The van der Waals surface area contributed by atoms with Crippen LogP contribution in [0.25, 0.3) is 0 Å². The minimum Gasteiger partial charge on any atom is -0.329 e. The first-order valence-corrected chi connectivity index (χ1v) is 4.59. The van der Waals surface area contributed by atoms with Crippen molar-refractivity contribution in [3.8, 4) is 0 Å². The Labute approximate surface area is 76.5 Å². The molecule has 2 saturated heterocycles. The number of carbonyl (C=O) groups excluding carboxylic acids is 2. The molecule has 13 heavy (non-hydrogen) atoms. The molecule has 2 aliphatic rings. The Balaban J connectivity index is 2.05. The maximum absolute atomic E-state index is 11.3. The van der Waals surface area contributed by atoms with Crippen LogP contribution in [0.3, 0.4) is 0 Å².